The number of rotatable bonds is 9. The summed E-state index contributed by atoms with van der Waals surface area (Å²) in [6.45, 7) is 8.41. The van der Waals surface area contributed by atoms with Gasteiger partial charge in [0.15, 0.2) is 10.2 Å². The maximum Gasteiger partial charge on any atom is 0.186 e. The van der Waals surface area contributed by atoms with Crippen LogP contribution in [0.15, 0.2) is 46.2 Å². The SMILES string of the molecule is C=C(CCCNC(=S)N/N=C(C)/C(C)=N/NC(=S)NC)c1ccc(N=[N+]=[N-])cc1. The van der Waals surface area contributed by atoms with E-state index < -0.39 is 0 Å². The average molecular weight is 432 g/mol. The van der Waals surface area contributed by atoms with Gasteiger partial charge in [0, 0.05) is 24.2 Å². The summed E-state index contributed by atoms with van der Waals surface area (Å²) in [5.41, 5.74) is 17.9. The van der Waals surface area contributed by atoms with Crippen LogP contribution in [0.5, 0.6) is 0 Å². The van der Waals surface area contributed by atoms with Crippen LogP contribution in [0.2, 0.25) is 0 Å². The molecular formula is C18H25N9S2. The normalized spacial score (nSPS) is 11.1. The van der Waals surface area contributed by atoms with E-state index >= 15 is 0 Å². The molecule has 1 rings (SSSR count). The fraction of sp³-hybridized carbons (Fsp3) is 0.333. The molecule has 11 heteroatoms. The molecule has 29 heavy (non-hydrogen) atoms. The summed E-state index contributed by atoms with van der Waals surface area (Å²) < 4.78 is 0. The summed E-state index contributed by atoms with van der Waals surface area (Å²) in [5, 5.41) is 18.6. The molecule has 0 heterocycles. The van der Waals surface area contributed by atoms with Crippen molar-refractivity contribution in [3.63, 3.8) is 0 Å². The van der Waals surface area contributed by atoms with Gasteiger partial charge in [0.05, 0.1) is 11.4 Å². The smallest absolute Gasteiger partial charge is 0.186 e. The molecule has 0 atom stereocenters. The number of nitrogens with zero attached hydrogens (tertiary/aromatic N) is 5. The Labute approximate surface area is 181 Å². The zero-order chi connectivity index (χ0) is 21.6. The van der Waals surface area contributed by atoms with Crippen LogP contribution >= 0.6 is 24.4 Å². The van der Waals surface area contributed by atoms with Crippen LogP contribution in [0, 0.1) is 0 Å². The first kappa shape index (κ1) is 24.0. The van der Waals surface area contributed by atoms with Crippen LogP contribution in [-0.4, -0.2) is 35.2 Å². The Bertz CT molecular complexity index is 837. The summed E-state index contributed by atoms with van der Waals surface area (Å²) in [4.78, 5) is 2.76. The lowest BCUT2D eigenvalue weighted by molar-refractivity contribution is 0.781. The molecule has 0 aliphatic carbocycles. The predicted molar refractivity (Wildman–Crippen MR) is 128 cm³/mol. The molecule has 0 saturated carbocycles. The quantitative estimate of drug-likeness (QED) is 0.0899. The number of allylic oxidation sites excluding steroid dienone is 1. The third-order valence-electron chi connectivity index (χ3n) is 3.78. The second-order valence-corrected chi connectivity index (χ2v) is 6.71. The molecule has 4 N–H and O–H groups in total. The number of nitrogens with one attached hydrogen (secondary N) is 4. The second kappa shape index (κ2) is 13.2. The molecule has 0 aromatic heterocycles. The van der Waals surface area contributed by atoms with Crippen LogP contribution in [0.25, 0.3) is 16.0 Å². The molecule has 1 aromatic carbocycles. The van der Waals surface area contributed by atoms with E-state index in [1.165, 1.54) is 0 Å². The highest BCUT2D eigenvalue weighted by Gasteiger charge is 2.01. The summed E-state index contributed by atoms with van der Waals surface area (Å²) >= 11 is 10.2. The fourth-order valence-electron chi connectivity index (χ4n) is 1.99. The molecular weight excluding hydrogens is 406 g/mol. The van der Waals surface area contributed by atoms with E-state index in [0.29, 0.717) is 33.9 Å². The van der Waals surface area contributed by atoms with E-state index in [9.17, 15) is 0 Å². The lowest BCUT2D eigenvalue weighted by Crippen LogP contribution is -2.34. The first-order valence-corrected chi connectivity index (χ1v) is 9.62. The Balaban J connectivity index is 2.35. The Morgan fingerprint density at radius 2 is 1.66 bits per heavy atom. The van der Waals surface area contributed by atoms with Crippen molar-refractivity contribution in [1.29, 1.82) is 0 Å². The van der Waals surface area contributed by atoms with Crippen LogP contribution < -0.4 is 21.5 Å². The van der Waals surface area contributed by atoms with Crippen molar-refractivity contribution in [3.8, 4) is 0 Å². The molecule has 9 nitrogen and oxygen atoms in total. The Kier molecular flexibility index (Phi) is 10.9. The van der Waals surface area contributed by atoms with Crippen LogP contribution in [0.4, 0.5) is 5.69 Å². The largest absolute Gasteiger partial charge is 0.364 e. The van der Waals surface area contributed by atoms with Crippen molar-refractivity contribution in [2.75, 3.05) is 13.6 Å². The van der Waals surface area contributed by atoms with Gasteiger partial charge in [-0.2, -0.15) is 10.2 Å². The summed E-state index contributed by atoms with van der Waals surface area (Å²) in [6, 6.07) is 7.33. The minimum atomic E-state index is 0.426. The highest BCUT2D eigenvalue weighted by Crippen LogP contribution is 2.21. The lowest BCUT2D eigenvalue weighted by Gasteiger charge is -2.10. The van der Waals surface area contributed by atoms with Crippen molar-refractivity contribution in [1.82, 2.24) is 21.5 Å². The van der Waals surface area contributed by atoms with Crippen molar-refractivity contribution < 1.29 is 0 Å². The first-order valence-electron chi connectivity index (χ1n) is 8.81. The molecule has 0 spiro atoms. The van der Waals surface area contributed by atoms with E-state index in [-0.39, 0.29) is 0 Å². The third-order valence-corrected chi connectivity index (χ3v) is 4.31. The molecule has 0 aliphatic heterocycles. The number of hydrazone groups is 2. The number of azide groups is 1. The highest BCUT2D eigenvalue weighted by molar-refractivity contribution is 7.80. The summed E-state index contributed by atoms with van der Waals surface area (Å²) in [6.07, 6.45) is 1.66. The molecule has 0 radical (unpaired) electrons. The van der Waals surface area contributed by atoms with E-state index in [1.807, 2.05) is 26.0 Å². The molecule has 0 unspecified atom stereocenters. The fourth-order valence-corrected chi connectivity index (χ4v) is 2.18. The molecule has 0 saturated heterocycles. The maximum atomic E-state index is 8.43. The second-order valence-electron chi connectivity index (χ2n) is 5.90. The number of benzene rings is 1. The average Bonchev–Trinajstić information content (AvgIpc) is 2.73. The van der Waals surface area contributed by atoms with Crippen LogP contribution in [0.1, 0.15) is 32.3 Å². The Hall–Kier alpha value is -3.01. The van der Waals surface area contributed by atoms with Crippen LogP contribution in [-0.2, 0) is 0 Å². The zero-order valence-electron chi connectivity index (χ0n) is 16.7. The van der Waals surface area contributed by atoms with E-state index in [4.69, 9.17) is 30.0 Å². The van der Waals surface area contributed by atoms with Gasteiger partial charge < -0.3 is 10.6 Å². The van der Waals surface area contributed by atoms with E-state index in [0.717, 1.165) is 24.0 Å². The van der Waals surface area contributed by atoms with Crippen molar-refractivity contribution in [3.05, 3.63) is 46.9 Å². The standard InChI is InChI=1S/C18H25N9S2/c1-12(15-7-9-16(10-8-15)24-27-19)6-5-11-21-18(29)26-23-14(3)13(2)22-25-17(28)20-4/h7-10H,1,5-6,11H2,2-4H3,(H2,20,25,28)(H2,21,26,29)/b22-13+,23-14+. The molecule has 0 bridgehead atoms. The van der Waals surface area contributed by atoms with Crippen molar-refractivity contribution >= 4 is 57.3 Å². The van der Waals surface area contributed by atoms with Crippen molar-refractivity contribution in [2.45, 2.75) is 26.7 Å². The number of hydrogen-bond donors (Lipinski definition) is 4. The zero-order valence-corrected chi connectivity index (χ0v) is 18.3. The van der Waals surface area contributed by atoms with Crippen LogP contribution in [0.3, 0.4) is 0 Å². The van der Waals surface area contributed by atoms with Gasteiger partial charge in [0.1, 0.15) is 0 Å². The van der Waals surface area contributed by atoms with Gasteiger partial charge in [0.25, 0.3) is 0 Å². The molecule has 154 valence electrons. The third kappa shape index (κ3) is 9.65. The van der Waals surface area contributed by atoms with Gasteiger partial charge in [-0.15, -0.1) is 0 Å². The number of hydrogen-bond acceptors (Lipinski definition) is 5. The van der Waals surface area contributed by atoms with Gasteiger partial charge in [-0.25, -0.2) is 0 Å². The van der Waals surface area contributed by atoms with Gasteiger partial charge in [-0.05, 0) is 67.8 Å². The van der Waals surface area contributed by atoms with Gasteiger partial charge in [-0.3, -0.25) is 10.9 Å². The molecule has 0 fully saturated rings. The topological polar surface area (TPSA) is 122 Å². The summed E-state index contributed by atoms with van der Waals surface area (Å²) in [7, 11) is 1.71. The highest BCUT2D eigenvalue weighted by atomic mass is 32.1. The van der Waals surface area contributed by atoms with E-state index in [1.54, 1.807) is 19.2 Å². The Morgan fingerprint density at radius 1 is 1.07 bits per heavy atom. The van der Waals surface area contributed by atoms with Gasteiger partial charge in [0.2, 0.25) is 0 Å². The van der Waals surface area contributed by atoms with Gasteiger partial charge in [-0.1, -0.05) is 36.0 Å². The number of thiocarbonyl (C=S) groups is 2. The van der Waals surface area contributed by atoms with Gasteiger partial charge >= 0.3 is 0 Å². The minimum Gasteiger partial charge on any atom is -0.364 e. The Morgan fingerprint density at radius 3 is 2.21 bits per heavy atom. The first-order chi connectivity index (χ1) is 13.9. The minimum absolute atomic E-state index is 0.426. The lowest BCUT2D eigenvalue weighted by atomic mass is 10.0. The molecule has 1 aromatic rings. The van der Waals surface area contributed by atoms with E-state index in [2.05, 4.69) is 48.3 Å². The predicted octanol–water partition coefficient (Wildman–Crippen LogP) is 3.73. The molecule has 0 aliphatic rings. The summed E-state index contributed by atoms with van der Waals surface area (Å²) in [5.74, 6) is 0. The molecule has 0 amide bonds. The monoisotopic (exact) mass is 431 g/mol. The van der Waals surface area contributed by atoms with Crippen molar-refractivity contribution in [2.24, 2.45) is 15.3 Å². The maximum absolute atomic E-state index is 8.43.